The van der Waals surface area contributed by atoms with Crippen LogP contribution in [0.1, 0.15) is 33.6 Å². The predicted octanol–water partition coefficient (Wildman–Crippen LogP) is 1.55. The van der Waals surface area contributed by atoms with E-state index in [-0.39, 0.29) is 24.6 Å². The Morgan fingerprint density at radius 3 is 2.40 bits per heavy atom. The molecule has 1 atom stereocenters. The van der Waals surface area contributed by atoms with E-state index in [0.29, 0.717) is 19.7 Å². The molecule has 0 saturated carbocycles. The molecule has 2 N–H and O–H groups in total. The topological polar surface area (TPSA) is 78.9 Å². The third-order valence-corrected chi connectivity index (χ3v) is 3.73. The van der Waals surface area contributed by atoms with Crippen LogP contribution in [-0.2, 0) is 9.53 Å². The number of ether oxygens (including phenoxy) is 1. The molecule has 2 amide bonds. The van der Waals surface area contributed by atoms with Crippen LogP contribution in [0, 0.1) is 11.8 Å². The highest BCUT2D eigenvalue weighted by atomic mass is 16.5. The van der Waals surface area contributed by atoms with Gasteiger partial charge in [0.25, 0.3) is 0 Å². The maximum absolute atomic E-state index is 12.0. The SMILES string of the molecule is CCOC1CCN(C(=O)NCC(C(=O)O)C(C)C)CC1. The number of carbonyl (C=O) groups is 2. The van der Waals surface area contributed by atoms with Gasteiger partial charge in [0.15, 0.2) is 0 Å². The van der Waals surface area contributed by atoms with Crippen molar-refractivity contribution in [2.24, 2.45) is 11.8 Å². The first kappa shape index (κ1) is 16.8. The fourth-order valence-electron chi connectivity index (χ4n) is 2.38. The van der Waals surface area contributed by atoms with Crippen molar-refractivity contribution in [1.82, 2.24) is 10.2 Å². The minimum absolute atomic E-state index is 0.00325. The Kier molecular flexibility index (Phi) is 6.78. The van der Waals surface area contributed by atoms with Gasteiger partial charge in [-0.25, -0.2) is 4.79 Å². The number of amides is 2. The molecule has 0 aromatic heterocycles. The Balaban J connectivity index is 2.35. The third kappa shape index (κ3) is 5.00. The molecule has 0 aliphatic carbocycles. The van der Waals surface area contributed by atoms with E-state index in [9.17, 15) is 9.59 Å². The van der Waals surface area contributed by atoms with Crippen LogP contribution in [0.2, 0.25) is 0 Å². The Labute approximate surface area is 120 Å². The summed E-state index contributed by atoms with van der Waals surface area (Å²) in [4.78, 5) is 24.8. The zero-order valence-electron chi connectivity index (χ0n) is 12.6. The molecule has 0 aromatic rings. The first-order chi connectivity index (χ1) is 9.45. The predicted molar refractivity (Wildman–Crippen MR) is 75.6 cm³/mol. The van der Waals surface area contributed by atoms with E-state index >= 15 is 0 Å². The van der Waals surface area contributed by atoms with Crippen LogP contribution in [0.5, 0.6) is 0 Å². The molecule has 0 bridgehead atoms. The second kappa shape index (κ2) is 8.09. The molecule has 0 radical (unpaired) electrons. The lowest BCUT2D eigenvalue weighted by molar-refractivity contribution is -0.142. The minimum Gasteiger partial charge on any atom is -0.481 e. The summed E-state index contributed by atoms with van der Waals surface area (Å²) in [5.41, 5.74) is 0. The molecule has 0 aromatic carbocycles. The van der Waals surface area contributed by atoms with Gasteiger partial charge in [0.2, 0.25) is 0 Å². The summed E-state index contributed by atoms with van der Waals surface area (Å²) in [6.07, 6.45) is 1.92. The van der Waals surface area contributed by atoms with Gasteiger partial charge < -0.3 is 20.1 Å². The van der Waals surface area contributed by atoms with Gasteiger partial charge in [-0.2, -0.15) is 0 Å². The minimum atomic E-state index is -0.865. The lowest BCUT2D eigenvalue weighted by Gasteiger charge is -2.32. The van der Waals surface area contributed by atoms with Crippen molar-refractivity contribution < 1.29 is 19.4 Å². The number of nitrogens with one attached hydrogen (secondary N) is 1. The van der Waals surface area contributed by atoms with Crippen LogP contribution in [0.25, 0.3) is 0 Å². The van der Waals surface area contributed by atoms with E-state index in [1.807, 2.05) is 20.8 Å². The number of hydrogen-bond acceptors (Lipinski definition) is 3. The average Bonchev–Trinajstić information content (AvgIpc) is 2.39. The number of nitrogens with zero attached hydrogens (tertiary/aromatic N) is 1. The molecule has 1 saturated heterocycles. The number of hydrogen-bond donors (Lipinski definition) is 2. The van der Waals surface area contributed by atoms with Gasteiger partial charge in [0.05, 0.1) is 12.0 Å². The van der Waals surface area contributed by atoms with Gasteiger partial charge in [-0.1, -0.05) is 13.8 Å². The van der Waals surface area contributed by atoms with Gasteiger partial charge in [-0.3, -0.25) is 4.79 Å². The first-order valence-corrected chi connectivity index (χ1v) is 7.32. The molecule has 1 aliphatic rings. The maximum Gasteiger partial charge on any atom is 0.317 e. The Morgan fingerprint density at radius 2 is 1.95 bits per heavy atom. The monoisotopic (exact) mass is 286 g/mol. The van der Waals surface area contributed by atoms with Crippen molar-refractivity contribution in [3.8, 4) is 0 Å². The highest BCUT2D eigenvalue weighted by molar-refractivity contribution is 5.76. The molecule has 6 nitrogen and oxygen atoms in total. The lowest BCUT2D eigenvalue weighted by Crippen LogP contribution is -2.48. The first-order valence-electron chi connectivity index (χ1n) is 7.32. The standard InChI is InChI=1S/C14H26N2O4/c1-4-20-11-5-7-16(8-6-11)14(19)15-9-12(10(2)3)13(17)18/h10-12H,4-9H2,1-3H3,(H,15,19)(H,17,18). The van der Waals surface area contributed by atoms with Gasteiger partial charge in [0, 0.05) is 26.2 Å². The number of likely N-dealkylation sites (tertiary alicyclic amines) is 1. The van der Waals surface area contributed by atoms with E-state index in [1.165, 1.54) is 0 Å². The summed E-state index contributed by atoms with van der Waals surface area (Å²) in [6.45, 7) is 7.86. The summed E-state index contributed by atoms with van der Waals surface area (Å²) in [5, 5.41) is 11.8. The molecule has 6 heteroatoms. The van der Waals surface area contributed by atoms with Crippen molar-refractivity contribution in [3.05, 3.63) is 0 Å². The van der Waals surface area contributed by atoms with Gasteiger partial charge in [0.1, 0.15) is 0 Å². The fourth-order valence-corrected chi connectivity index (χ4v) is 2.38. The van der Waals surface area contributed by atoms with Crippen LogP contribution in [-0.4, -0.2) is 54.4 Å². The zero-order valence-corrected chi connectivity index (χ0v) is 12.6. The summed E-state index contributed by atoms with van der Waals surface area (Å²) in [7, 11) is 0. The van der Waals surface area contributed by atoms with Crippen LogP contribution in [0.3, 0.4) is 0 Å². The molecule has 0 spiro atoms. The fraction of sp³-hybridized carbons (Fsp3) is 0.857. The van der Waals surface area contributed by atoms with Crippen molar-refractivity contribution in [3.63, 3.8) is 0 Å². The van der Waals surface area contributed by atoms with Crippen LogP contribution < -0.4 is 5.32 Å². The molecular weight excluding hydrogens is 260 g/mol. The largest absolute Gasteiger partial charge is 0.481 e. The number of carbonyl (C=O) groups excluding carboxylic acids is 1. The highest BCUT2D eigenvalue weighted by Crippen LogP contribution is 2.14. The molecule has 1 heterocycles. The van der Waals surface area contributed by atoms with E-state index in [0.717, 1.165) is 12.8 Å². The van der Waals surface area contributed by atoms with Crippen molar-refractivity contribution in [1.29, 1.82) is 0 Å². The number of urea groups is 1. The lowest BCUT2D eigenvalue weighted by atomic mass is 9.96. The molecule has 1 aliphatic heterocycles. The molecule has 1 rings (SSSR count). The van der Waals surface area contributed by atoms with Crippen molar-refractivity contribution >= 4 is 12.0 Å². The number of piperidine rings is 1. The second-order valence-electron chi connectivity index (χ2n) is 5.52. The normalized spacial score (nSPS) is 18.1. The summed E-state index contributed by atoms with van der Waals surface area (Å²) in [5.74, 6) is -1.41. The number of rotatable bonds is 6. The summed E-state index contributed by atoms with van der Waals surface area (Å²) < 4.78 is 5.54. The van der Waals surface area contributed by atoms with Crippen LogP contribution in [0.15, 0.2) is 0 Å². The van der Waals surface area contributed by atoms with E-state index < -0.39 is 11.9 Å². The molecule has 1 unspecified atom stereocenters. The Hall–Kier alpha value is -1.30. The highest BCUT2D eigenvalue weighted by Gasteiger charge is 2.26. The number of carboxylic acids is 1. The van der Waals surface area contributed by atoms with Crippen molar-refractivity contribution in [2.75, 3.05) is 26.2 Å². The molecular formula is C14H26N2O4. The van der Waals surface area contributed by atoms with E-state index in [2.05, 4.69) is 5.32 Å². The van der Waals surface area contributed by atoms with Crippen molar-refractivity contribution in [2.45, 2.75) is 39.7 Å². The second-order valence-corrected chi connectivity index (χ2v) is 5.52. The van der Waals surface area contributed by atoms with Crippen LogP contribution >= 0.6 is 0 Å². The third-order valence-electron chi connectivity index (χ3n) is 3.73. The average molecular weight is 286 g/mol. The van der Waals surface area contributed by atoms with Crippen LogP contribution in [0.4, 0.5) is 4.79 Å². The van der Waals surface area contributed by atoms with E-state index in [4.69, 9.17) is 9.84 Å². The molecule has 1 fully saturated rings. The molecule has 20 heavy (non-hydrogen) atoms. The number of aliphatic carboxylic acids is 1. The van der Waals surface area contributed by atoms with Gasteiger partial charge in [-0.05, 0) is 25.7 Å². The van der Waals surface area contributed by atoms with E-state index in [1.54, 1.807) is 4.90 Å². The number of carboxylic acid groups (broad SMARTS) is 1. The summed E-state index contributed by atoms with van der Waals surface area (Å²) >= 11 is 0. The smallest absolute Gasteiger partial charge is 0.317 e. The molecule has 116 valence electrons. The van der Waals surface area contributed by atoms with Gasteiger partial charge >= 0.3 is 12.0 Å². The van der Waals surface area contributed by atoms with Gasteiger partial charge in [-0.15, -0.1) is 0 Å². The zero-order chi connectivity index (χ0) is 15.1. The Morgan fingerprint density at radius 1 is 1.35 bits per heavy atom. The summed E-state index contributed by atoms with van der Waals surface area (Å²) in [6, 6.07) is -0.174. The maximum atomic E-state index is 12.0. The quantitative estimate of drug-likeness (QED) is 0.776. The Bertz CT molecular complexity index is 325.